The number of nitrogens with one attached hydrogen (secondary N) is 2. The Morgan fingerprint density at radius 1 is 0.828 bits per heavy atom. The monoisotopic (exact) mass is 430 g/mol. The molecule has 6 heteroatoms. The molecular weight excluding hydrogens is 407 g/mol. The van der Waals surface area contributed by atoms with E-state index in [4.69, 9.17) is 4.74 Å². The van der Waals surface area contributed by atoms with Gasteiger partial charge >= 0.3 is 0 Å². The van der Waals surface area contributed by atoms with Crippen LogP contribution < -0.4 is 15.4 Å². The van der Waals surface area contributed by atoms with Gasteiger partial charge in [0.1, 0.15) is 11.5 Å². The molecule has 0 radical (unpaired) electrons. The second-order valence-electron chi connectivity index (χ2n) is 6.71. The Bertz CT molecular complexity index is 907. The van der Waals surface area contributed by atoms with Crippen molar-refractivity contribution < 1.29 is 9.53 Å². The summed E-state index contributed by atoms with van der Waals surface area (Å²) in [6.45, 7) is 1.50. The van der Waals surface area contributed by atoms with E-state index >= 15 is 0 Å². The maximum absolute atomic E-state index is 12.9. The SMILES string of the molecule is Cl.Cl.O=C(Nc1cccc(Oc2ccccc2)c1)[C@@H]1CNC[C@H]1c1ccccc1. The lowest BCUT2D eigenvalue weighted by Gasteiger charge is -2.19. The van der Waals surface area contributed by atoms with Gasteiger partial charge in [0.15, 0.2) is 0 Å². The van der Waals surface area contributed by atoms with Crippen molar-refractivity contribution in [3.63, 3.8) is 0 Å². The molecular formula is C23H24Cl2N2O2. The number of ether oxygens (including phenoxy) is 1. The molecule has 4 rings (SSSR count). The standard InChI is InChI=1S/C23H22N2O2.2ClH/c26-23(22-16-24-15-21(22)17-8-3-1-4-9-17)25-18-10-7-13-20(14-18)27-19-11-5-2-6-12-19;;/h1-14,21-22,24H,15-16H2,(H,25,26);2*1H/t21-,22+;;/m0../s1. The zero-order chi connectivity index (χ0) is 18.5. The fraction of sp³-hybridized carbons (Fsp3) is 0.174. The number of anilines is 1. The van der Waals surface area contributed by atoms with E-state index in [0.29, 0.717) is 12.3 Å². The maximum atomic E-state index is 12.9. The van der Waals surface area contributed by atoms with E-state index in [0.717, 1.165) is 18.0 Å². The first-order chi connectivity index (χ1) is 13.3. The van der Waals surface area contributed by atoms with E-state index in [1.54, 1.807) is 0 Å². The Morgan fingerprint density at radius 3 is 2.21 bits per heavy atom. The molecule has 2 N–H and O–H groups in total. The molecule has 152 valence electrons. The van der Waals surface area contributed by atoms with Crippen molar-refractivity contribution >= 4 is 36.4 Å². The van der Waals surface area contributed by atoms with Gasteiger partial charge in [-0.15, -0.1) is 24.8 Å². The molecule has 29 heavy (non-hydrogen) atoms. The summed E-state index contributed by atoms with van der Waals surface area (Å²) in [5, 5.41) is 6.40. The molecule has 1 aliphatic heterocycles. The minimum atomic E-state index is -0.0916. The van der Waals surface area contributed by atoms with Gasteiger partial charge in [-0.25, -0.2) is 0 Å². The van der Waals surface area contributed by atoms with Crippen LogP contribution in [0.4, 0.5) is 5.69 Å². The Labute approximate surface area is 183 Å². The van der Waals surface area contributed by atoms with Gasteiger partial charge < -0.3 is 15.4 Å². The Balaban J connectivity index is 0.00000150. The fourth-order valence-corrected chi connectivity index (χ4v) is 3.50. The lowest BCUT2D eigenvalue weighted by Crippen LogP contribution is -2.28. The van der Waals surface area contributed by atoms with Gasteiger partial charge in [0.2, 0.25) is 5.91 Å². The molecule has 3 aromatic carbocycles. The predicted octanol–water partition coefficient (Wildman–Crippen LogP) is 5.26. The van der Waals surface area contributed by atoms with Gasteiger partial charge in [-0.05, 0) is 29.8 Å². The molecule has 0 aromatic heterocycles. The van der Waals surface area contributed by atoms with Gasteiger partial charge in [0.25, 0.3) is 0 Å². The average molecular weight is 431 g/mol. The van der Waals surface area contributed by atoms with Gasteiger partial charge in [-0.2, -0.15) is 0 Å². The molecule has 0 unspecified atom stereocenters. The fourth-order valence-electron chi connectivity index (χ4n) is 3.50. The summed E-state index contributed by atoms with van der Waals surface area (Å²) < 4.78 is 5.85. The number of hydrogen-bond donors (Lipinski definition) is 2. The summed E-state index contributed by atoms with van der Waals surface area (Å²) in [7, 11) is 0. The van der Waals surface area contributed by atoms with Gasteiger partial charge in [0, 0.05) is 30.8 Å². The number of hydrogen-bond acceptors (Lipinski definition) is 3. The van der Waals surface area contributed by atoms with Crippen molar-refractivity contribution in [1.29, 1.82) is 0 Å². The van der Waals surface area contributed by atoms with Crippen molar-refractivity contribution in [3.8, 4) is 11.5 Å². The van der Waals surface area contributed by atoms with Crippen LogP contribution in [-0.4, -0.2) is 19.0 Å². The topological polar surface area (TPSA) is 50.4 Å². The Hall–Kier alpha value is -2.53. The van der Waals surface area contributed by atoms with Crippen LogP contribution in [-0.2, 0) is 4.79 Å². The summed E-state index contributed by atoms with van der Waals surface area (Å²) >= 11 is 0. The number of carbonyl (C=O) groups is 1. The highest BCUT2D eigenvalue weighted by atomic mass is 35.5. The van der Waals surface area contributed by atoms with Crippen LogP contribution in [0.1, 0.15) is 11.5 Å². The van der Waals surface area contributed by atoms with Crippen molar-refractivity contribution in [1.82, 2.24) is 5.32 Å². The maximum Gasteiger partial charge on any atom is 0.229 e. The van der Waals surface area contributed by atoms with Crippen molar-refractivity contribution in [3.05, 3.63) is 90.5 Å². The molecule has 0 spiro atoms. The quantitative estimate of drug-likeness (QED) is 0.579. The van der Waals surface area contributed by atoms with E-state index < -0.39 is 0 Å². The van der Waals surface area contributed by atoms with Crippen LogP contribution in [0.3, 0.4) is 0 Å². The number of para-hydroxylation sites is 1. The molecule has 1 aliphatic rings. The van der Waals surface area contributed by atoms with E-state index in [2.05, 4.69) is 22.8 Å². The second kappa shape index (κ2) is 10.9. The highest BCUT2D eigenvalue weighted by Gasteiger charge is 2.33. The van der Waals surface area contributed by atoms with Gasteiger partial charge in [-0.1, -0.05) is 54.6 Å². The van der Waals surface area contributed by atoms with Crippen LogP contribution in [0.5, 0.6) is 11.5 Å². The van der Waals surface area contributed by atoms with Crippen LogP contribution in [0.25, 0.3) is 0 Å². The molecule has 1 saturated heterocycles. The molecule has 1 fully saturated rings. The first-order valence-corrected chi connectivity index (χ1v) is 9.19. The van der Waals surface area contributed by atoms with Crippen molar-refractivity contribution in [2.24, 2.45) is 5.92 Å². The van der Waals surface area contributed by atoms with Crippen molar-refractivity contribution in [2.75, 3.05) is 18.4 Å². The number of rotatable bonds is 5. The predicted molar refractivity (Wildman–Crippen MR) is 122 cm³/mol. The molecule has 2 atom stereocenters. The Morgan fingerprint density at radius 2 is 1.48 bits per heavy atom. The first kappa shape index (κ1) is 22.8. The summed E-state index contributed by atoms with van der Waals surface area (Å²) in [5.74, 6) is 1.60. The smallest absolute Gasteiger partial charge is 0.229 e. The van der Waals surface area contributed by atoms with Gasteiger partial charge in [0.05, 0.1) is 5.92 Å². The average Bonchev–Trinajstić information content (AvgIpc) is 3.20. The number of amides is 1. The summed E-state index contributed by atoms with van der Waals surface area (Å²) in [4.78, 5) is 12.9. The summed E-state index contributed by atoms with van der Waals surface area (Å²) in [6, 6.07) is 27.3. The van der Waals surface area contributed by atoms with Crippen LogP contribution >= 0.6 is 24.8 Å². The Kier molecular flexibility index (Phi) is 8.52. The van der Waals surface area contributed by atoms with Gasteiger partial charge in [-0.3, -0.25) is 4.79 Å². The minimum Gasteiger partial charge on any atom is -0.457 e. The lowest BCUT2D eigenvalue weighted by atomic mass is 9.88. The largest absolute Gasteiger partial charge is 0.457 e. The van der Waals surface area contributed by atoms with E-state index in [1.165, 1.54) is 5.56 Å². The summed E-state index contributed by atoms with van der Waals surface area (Å²) in [6.07, 6.45) is 0. The van der Waals surface area contributed by atoms with E-state index in [9.17, 15) is 4.79 Å². The molecule has 0 aliphatic carbocycles. The normalized spacial score (nSPS) is 17.5. The van der Waals surface area contributed by atoms with E-state index in [-0.39, 0.29) is 42.6 Å². The molecule has 3 aromatic rings. The second-order valence-corrected chi connectivity index (χ2v) is 6.71. The number of halogens is 2. The third kappa shape index (κ3) is 5.73. The lowest BCUT2D eigenvalue weighted by molar-refractivity contribution is -0.119. The number of carbonyl (C=O) groups excluding carboxylic acids is 1. The number of benzene rings is 3. The van der Waals surface area contributed by atoms with Crippen LogP contribution in [0, 0.1) is 5.92 Å². The minimum absolute atomic E-state index is 0. The third-order valence-corrected chi connectivity index (χ3v) is 4.86. The van der Waals surface area contributed by atoms with Crippen LogP contribution in [0.15, 0.2) is 84.9 Å². The molecule has 4 nitrogen and oxygen atoms in total. The van der Waals surface area contributed by atoms with Crippen LogP contribution in [0.2, 0.25) is 0 Å². The first-order valence-electron chi connectivity index (χ1n) is 9.19. The zero-order valence-corrected chi connectivity index (χ0v) is 17.4. The molecule has 1 amide bonds. The molecule has 0 saturated carbocycles. The molecule has 0 bridgehead atoms. The summed E-state index contributed by atoms with van der Waals surface area (Å²) in [5.41, 5.74) is 1.94. The zero-order valence-electron chi connectivity index (χ0n) is 15.8. The van der Waals surface area contributed by atoms with Crippen molar-refractivity contribution in [2.45, 2.75) is 5.92 Å². The van der Waals surface area contributed by atoms with E-state index in [1.807, 2.05) is 72.8 Å². The highest BCUT2D eigenvalue weighted by molar-refractivity contribution is 5.93. The molecule has 1 heterocycles. The highest BCUT2D eigenvalue weighted by Crippen LogP contribution is 2.30. The third-order valence-electron chi connectivity index (χ3n) is 4.86.